The number of carbonyl (C=O) groups is 1. The van der Waals surface area contributed by atoms with Crippen molar-refractivity contribution in [2.24, 2.45) is 0 Å². The van der Waals surface area contributed by atoms with Crippen LogP contribution >= 0.6 is 11.3 Å². The van der Waals surface area contributed by atoms with E-state index in [0.29, 0.717) is 22.0 Å². The van der Waals surface area contributed by atoms with Crippen LogP contribution in [0.25, 0.3) is 6.08 Å². The molecule has 0 atom stereocenters. The van der Waals surface area contributed by atoms with Crippen LogP contribution in [0.15, 0.2) is 54.1 Å². The molecule has 0 saturated heterocycles. The van der Waals surface area contributed by atoms with Gasteiger partial charge in [0.2, 0.25) is 5.13 Å². The van der Waals surface area contributed by atoms with E-state index in [9.17, 15) is 14.4 Å². The molecule has 0 bridgehead atoms. The van der Waals surface area contributed by atoms with Crippen LogP contribution < -0.4 is 10.1 Å². The topological polar surface area (TPSA) is 87.9 Å². The first-order valence-corrected chi connectivity index (χ1v) is 10.0. The highest BCUT2D eigenvalue weighted by Crippen LogP contribution is 2.23. The summed E-state index contributed by atoms with van der Waals surface area (Å²) in [6.45, 7) is 4.07. The third kappa shape index (κ3) is 5.49. The second-order valence-corrected chi connectivity index (χ2v) is 7.68. The van der Waals surface area contributed by atoms with Gasteiger partial charge in [-0.25, -0.2) is 4.39 Å². The van der Waals surface area contributed by atoms with Crippen LogP contribution in [0.2, 0.25) is 0 Å². The molecule has 0 fully saturated rings. The Morgan fingerprint density at radius 2 is 1.97 bits per heavy atom. The first-order valence-electron chi connectivity index (χ1n) is 9.19. The Hall–Kier alpha value is -3.57. The second-order valence-electron chi connectivity index (χ2n) is 6.67. The van der Waals surface area contributed by atoms with Gasteiger partial charge in [0.15, 0.2) is 0 Å². The highest BCUT2D eigenvalue weighted by molar-refractivity contribution is 7.15. The molecule has 0 aliphatic heterocycles. The summed E-state index contributed by atoms with van der Waals surface area (Å²) < 4.78 is 19.2. The number of rotatable bonds is 7. The van der Waals surface area contributed by atoms with Crippen LogP contribution in [-0.4, -0.2) is 16.1 Å². The van der Waals surface area contributed by atoms with Crippen LogP contribution in [0.1, 0.15) is 35.9 Å². The molecule has 152 valence electrons. The minimum Gasteiger partial charge on any atom is -0.489 e. The number of benzene rings is 2. The maximum Gasteiger partial charge on any atom is 0.268 e. The fraction of sp³-hybridized carbons (Fsp3) is 0.182. The quantitative estimate of drug-likeness (QED) is 0.431. The van der Waals surface area contributed by atoms with Gasteiger partial charge in [-0.1, -0.05) is 55.5 Å². The number of halogens is 1. The van der Waals surface area contributed by atoms with Crippen LogP contribution in [-0.2, 0) is 11.4 Å². The number of ether oxygens (including phenoxy) is 1. The molecule has 1 amide bonds. The summed E-state index contributed by atoms with van der Waals surface area (Å²) >= 11 is 1.28. The first kappa shape index (κ1) is 21.1. The van der Waals surface area contributed by atoms with E-state index < -0.39 is 5.91 Å². The third-order valence-electron chi connectivity index (χ3n) is 4.06. The fourth-order valence-corrected chi connectivity index (χ4v) is 3.18. The highest BCUT2D eigenvalue weighted by atomic mass is 32.1. The molecule has 0 unspecified atom stereocenters. The van der Waals surface area contributed by atoms with Crippen molar-refractivity contribution in [3.63, 3.8) is 0 Å². The molecule has 1 heterocycles. The number of aromatic nitrogens is 2. The molecule has 0 spiro atoms. The summed E-state index contributed by atoms with van der Waals surface area (Å²) in [7, 11) is 0. The molecule has 1 N–H and O–H groups in total. The maximum absolute atomic E-state index is 13.6. The van der Waals surface area contributed by atoms with Gasteiger partial charge in [0.1, 0.15) is 34.8 Å². The Morgan fingerprint density at radius 3 is 2.60 bits per heavy atom. The minimum absolute atomic E-state index is 0.0590. The first-order chi connectivity index (χ1) is 14.5. The summed E-state index contributed by atoms with van der Waals surface area (Å²) in [5, 5.41) is 21.0. The highest BCUT2D eigenvalue weighted by Gasteiger charge is 2.14. The average molecular weight is 422 g/mol. The van der Waals surface area contributed by atoms with Gasteiger partial charge in [-0.05, 0) is 29.8 Å². The lowest BCUT2D eigenvalue weighted by Crippen LogP contribution is -2.13. The summed E-state index contributed by atoms with van der Waals surface area (Å²) in [5.74, 6) is -0.117. The molecule has 3 rings (SSSR count). The zero-order chi connectivity index (χ0) is 21.5. The number of nitriles is 1. The Labute approximate surface area is 177 Å². The number of anilines is 1. The largest absolute Gasteiger partial charge is 0.489 e. The molecular weight excluding hydrogens is 403 g/mol. The Morgan fingerprint density at radius 1 is 1.23 bits per heavy atom. The zero-order valence-corrected chi connectivity index (χ0v) is 17.2. The van der Waals surface area contributed by atoms with E-state index in [4.69, 9.17) is 4.74 Å². The summed E-state index contributed by atoms with van der Waals surface area (Å²) in [5.41, 5.74) is 1.05. The number of nitrogens with one attached hydrogen (secondary N) is 1. The zero-order valence-electron chi connectivity index (χ0n) is 16.4. The van der Waals surface area contributed by atoms with E-state index in [1.165, 1.54) is 23.5 Å². The molecule has 0 aliphatic carbocycles. The van der Waals surface area contributed by atoms with E-state index in [1.807, 2.05) is 19.9 Å². The summed E-state index contributed by atoms with van der Waals surface area (Å²) in [4.78, 5) is 12.4. The van der Waals surface area contributed by atoms with Crippen molar-refractivity contribution in [3.05, 3.63) is 76.1 Å². The molecular formula is C22H19FN4O2S. The number of carbonyl (C=O) groups excluding carboxylic acids is 1. The van der Waals surface area contributed by atoms with Gasteiger partial charge >= 0.3 is 0 Å². The van der Waals surface area contributed by atoms with Gasteiger partial charge in [0, 0.05) is 11.5 Å². The lowest BCUT2D eigenvalue weighted by atomic mass is 10.1. The molecule has 8 heteroatoms. The summed E-state index contributed by atoms with van der Waals surface area (Å²) in [6, 6.07) is 15.1. The predicted octanol–water partition coefficient (Wildman–Crippen LogP) is 4.93. The van der Waals surface area contributed by atoms with E-state index in [2.05, 4.69) is 15.5 Å². The molecule has 2 aromatic carbocycles. The smallest absolute Gasteiger partial charge is 0.268 e. The maximum atomic E-state index is 13.6. The Kier molecular flexibility index (Phi) is 6.88. The van der Waals surface area contributed by atoms with Gasteiger partial charge < -0.3 is 4.74 Å². The second kappa shape index (κ2) is 9.76. The number of amides is 1. The lowest BCUT2D eigenvalue weighted by Gasteiger charge is -2.07. The monoisotopic (exact) mass is 422 g/mol. The van der Waals surface area contributed by atoms with E-state index in [-0.39, 0.29) is 23.9 Å². The Bertz CT molecular complexity index is 1100. The van der Waals surface area contributed by atoms with E-state index in [0.717, 1.165) is 5.01 Å². The minimum atomic E-state index is -0.552. The van der Waals surface area contributed by atoms with Gasteiger partial charge in [-0.2, -0.15) is 5.26 Å². The molecule has 0 aliphatic rings. The standard InChI is InChI=1S/C22H19FN4O2S/c1-14(2)21-26-27-22(30-21)25-20(28)17(12-24)11-15-7-9-18(10-8-15)29-13-16-5-3-4-6-19(16)23/h3-11,14H,13H2,1-2H3,(H,25,27,28)/b17-11-. The van der Waals surface area contributed by atoms with Crippen LogP contribution in [0.5, 0.6) is 5.75 Å². The predicted molar refractivity (Wildman–Crippen MR) is 113 cm³/mol. The van der Waals surface area contributed by atoms with Crippen LogP contribution in [0.4, 0.5) is 9.52 Å². The van der Waals surface area contributed by atoms with Crippen molar-refractivity contribution in [1.82, 2.24) is 10.2 Å². The van der Waals surface area contributed by atoms with Crippen molar-refractivity contribution in [2.45, 2.75) is 26.4 Å². The lowest BCUT2D eigenvalue weighted by molar-refractivity contribution is -0.112. The van der Waals surface area contributed by atoms with Crippen LogP contribution in [0.3, 0.4) is 0 Å². The van der Waals surface area contributed by atoms with Gasteiger partial charge in [-0.15, -0.1) is 10.2 Å². The van der Waals surface area contributed by atoms with E-state index >= 15 is 0 Å². The van der Waals surface area contributed by atoms with Crippen molar-refractivity contribution in [2.75, 3.05) is 5.32 Å². The summed E-state index contributed by atoms with van der Waals surface area (Å²) in [6.07, 6.45) is 1.47. The third-order valence-corrected chi connectivity index (χ3v) is 5.20. The number of nitrogens with zero attached hydrogens (tertiary/aromatic N) is 3. The normalized spacial score (nSPS) is 11.2. The number of hydrogen-bond donors (Lipinski definition) is 1. The molecule has 6 nitrogen and oxygen atoms in total. The van der Waals surface area contributed by atoms with Gasteiger partial charge in [0.25, 0.3) is 5.91 Å². The SMILES string of the molecule is CC(C)c1nnc(NC(=O)/C(C#N)=C\c2ccc(OCc3ccccc3F)cc2)s1. The number of hydrogen-bond acceptors (Lipinski definition) is 6. The molecule has 0 saturated carbocycles. The molecule has 3 aromatic rings. The van der Waals surface area contributed by atoms with Crippen LogP contribution in [0, 0.1) is 17.1 Å². The van der Waals surface area contributed by atoms with E-state index in [1.54, 1.807) is 42.5 Å². The van der Waals surface area contributed by atoms with Crippen molar-refractivity contribution in [3.8, 4) is 11.8 Å². The van der Waals surface area contributed by atoms with Gasteiger partial charge in [0.05, 0.1) is 0 Å². The van der Waals surface area contributed by atoms with Crippen molar-refractivity contribution >= 4 is 28.5 Å². The molecule has 30 heavy (non-hydrogen) atoms. The average Bonchev–Trinajstić information content (AvgIpc) is 3.21. The Balaban J connectivity index is 1.64. The molecule has 1 aromatic heterocycles. The van der Waals surface area contributed by atoms with Gasteiger partial charge in [-0.3, -0.25) is 10.1 Å². The molecule has 0 radical (unpaired) electrons. The van der Waals surface area contributed by atoms with Crippen molar-refractivity contribution in [1.29, 1.82) is 5.26 Å². The van der Waals surface area contributed by atoms with Crippen molar-refractivity contribution < 1.29 is 13.9 Å². The fourth-order valence-electron chi connectivity index (χ4n) is 2.43.